The summed E-state index contributed by atoms with van der Waals surface area (Å²) in [6.07, 6.45) is 8.25. The molecule has 0 aliphatic carbocycles. The van der Waals surface area contributed by atoms with Crippen LogP contribution < -0.4 is 5.32 Å². The number of hydrogen-bond donors (Lipinski definition) is 1. The van der Waals surface area contributed by atoms with Gasteiger partial charge in [-0.25, -0.2) is 0 Å². The third-order valence-electron chi connectivity index (χ3n) is 5.37. The molecule has 1 unspecified atom stereocenters. The zero-order valence-corrected chi connectivity index (χ0v) is 18.7. The van der Waals surface area contributed by atoms with Crippen molar-refractivity contribution in [3.05, 3.63) is 33.6 Å². The summed E-state index contributed by atoms with van der Waals surface area (Å²) in [5, 5.41) is 21.7. The lowest BCUT2D eigenvalue weighted by Gasteiger charge is -2.14. The van der Waals surface area contributed by atoms with Gasteiger partial charge in [-0.05, 0) is 50.8 Å². The van der Waals surface area contributed by atoms with Crippen molar-refractivity contribution >= 4 is 28.5 Å². The number of carbonyl (C=O) groups is 1. The summed E-state index contributed by atoms with van der Waals surface area (Å²) in [6, 6.07) is 4.03. The zero-order chi connectivity index (χ0) is 21.5. The number of nitriles is 1. The first-order valence-electron chi connectivity index (χ1n) is 10.6. The van der Waals surface area contributed by atoms with E-state index in [1.807, 2.05) is 26.0 Å². The second-order valence-corrected chi connectivity index (χ2v) is 8.72. The Kier molecular flexibility index (Phi) is 7.77. The molecule has 1 amide bonds. The molecule has 0 saturated carbocycles. The van der Waals surface area contributed by atoms with Crippen molar-refractivity contribution in [3.63, 3.8) is 0 Å². The van der Waals surface area contributed by atoms with E-state index in [0.717, 1.165) is 73.6 Å². The standard InChI is InChI=1S/C22H29N5O2S/c1-4-5-6-9-20-25-26-22(30-20)24-21(28)18(13-23)12-17-11-15(2)27(16(17)3)14-19-8-7-10-29-19/h11-12,19H,4-10,14H2,1-3H3,(H,24,26,28)/b18-12-. The monoisotopic (exact) mass is 427 g/mol. The normalized spacial score (nSPS) is 16.6. The summed E-state index contributed by atoms with van der Waals surface area (Å²) in [5.41, 5.74) is 3.04. The highest BCUT2D eigenvalue weighted by molar-refractivity contribution is 7.15. The largest absolute Gasteiger partial charge is 0.376 e. The lowest BCUT2D eigenvalue weighted by molar-refractivity contribution is -0.112. The summed E-state index contributed by atoms with van der Waals surface area (Å²) < 4.78 is 7.95. The highest BCUT2D eigenvalue weighted by Gasteiger charge is 2.19. The molecule has 2 aromatic rings. The van der Waals surface area contributed by atoms with E-state index >= 15 is 0 Å². The number of anilines is 1. The van der Waals surface area contributed by atoms with E-state index in [1.165, 1.54) is 11.3 Å². The summed E-state index contributed by atoms with van der Waals surface area (Å²) in [5.74, 6) is -0.460. The molecule has 1 atom stereocenters. The van der Waals surface area contributed by atoms with Crippen LogP contribution >= 0.6 is 11.3 Å². The molecule has 0 spiro atoms. The molecule has 1 saturated heterocycles. The van der Waals surface area contributed by atoms with Gasteiger partial charge in [-0.15, -0.1) is 10.2 Å². The first-order chi connectivity index (χ1) is 14.5. The van der Waals surface area contributed by atoms with Crippen molar-refractivity contribution in [1.29, 1.82) is 5.26 Å². The molecule has 0 radical (unpaired) electrons. The molecule has 7 nitrogen and oxygen atoms in total. The number of aromatic nitrogens is 3. The summed E-state index contributed by atoms with van der Waals surface area (Å²) in [7, 11) is 0. The number of amides is 1. The molecule has 3 heterocycles. The van der Waals surface area contributed by atoms with E-state index in [1.54, 1.807) is 6.08 Å². The molecule has 0 aromatic carbocycles. The number of unbranched alkanes of at least 4 members (excludes halogenated alkanes) is 2. The Morgan fingerprint density at radius 2 is 2.27 bits per heavy atom. The maximum Gasteiger partial charge on any atom is 0.268 e. The topological polar surface area (TPSA) is 92.8 Å². The second-order valence-electron chi connectivity index (χ2n) is 7.65. The Labute approximate surface area is 181 Å². The van der Waals surface area contributed by atoms with E-state index in [9.17, 15) is 10.1 Å². The van der Waals surface area contributed by atoms with Crippen molar-refractivity contribution in [3.8, 4) is 6.07 Å². The van der Waals surface area contributed by atoms with Crippen LogP contribution in [0.4, 0.5) is 5.13 Å². The van der Waals surface area contributed by atoms with Crippen LogP contribution in [0.5, 0.6) is 0 Å². The van der Waals surface area contributed by atoms with Crippen molar-refractivity contribution in [2.45, 2.75) is 71.9 Å². The van der Waals surface area contributed by atoms with Crippen LogP contribution in [0, 0.1) is 25.2 Å². The number of aryl methyl sites for hydroxylation is 2. The third kappa shape index (κ3) is 5.55. The fourth-order valence-electron chi connectivity index (χ4n) is 3.65. The van der Waals surface area contributed by atoms with Gasteiger partial charge >= 0.3 is 0 Å². The van der Waals surface area contributed by atoms with Gasteiger partial charge in [0.2, 0.25) is 5.13 Å². The zero-order valence-electron chi connectivity index (χ0n) is 17.9. The Bertz CT molecular complexity index is 947. The van der Waals surface area contributed by atoms with Crippen LogP contribution in [0.3, 0.4) is 0 Å². The first-order valence-corrected chi connectivity index (χ1v) is 11.4. The fourth-order valence-corrected chi connectivity index (χ4v) is 4.42. The van der Waals surface area contributed by atoms with Gasteiger partial charge in [-0.2, -0.15) is 5.26 Å². The van der Waals surface area contributed by atoms with Crippen LogP contribution in [0.2, 0.25) is 0 Å². The number of hydrogen-bond acceptors (Lipinski definition) is 6. The Morgan fingerprint density at radius 1 is 1.43 bits per heavy atom. The van der Waals surface area contributed by atoms with E-state index < -0.39 is 5.91 Å². The maximum atomic E-state index is 12.6. The van der Waals surface area contributed by atoms with Gasteiger partial charge in [0.25, 0.3) is 5.91 Å². The SMILES string of the molecule is CCCCCc1nnc(NC(=O)/C(C#N)=C\c2cc(C)n(CC3CCCO3)c2C)s1. The first kappa shape index (κ1) is 22.2. The average Bonchev–Trinajstić information content (AvgIpc) is 3.45. The van der Waals surface area contributed by atoms with Gasteiger partial charge in [-0.1, -0.05) is 31.1 Å². The van der Waals surface area contributed by atoms with E-state index in [2.05, 4.69) is 27.0 Å². The molecular formula is C22H29N5O2S. The molecule has 2 aromatic heterocycles. The third-order valence-corrected chi connectivity index (χ3v) is 6.27. The van der Waals surface area contributed by atoms with Gasteiger partial charge in [-0.3, -0.25) is 10.1 Å². The molecule has 8 heteroatoms. The summed E-state index contributed by atoms with van der Waals surface area (Å²) >= 11 is 1.36. The van der Waals surface area contributed by atoms with Crippen LogP contribution in [-0.4, -0.2) is 33.4 Å². The molecule has 160 valence electrons. The smallest absolute Gasteiger partial charge is 0.268 e. The van der Waals surface area contributed by atoms with Gasteiger partial charge < -0.3 is 9.30 Å². The minimum Gasteiger partial charge on any atom is -0.376 e. The van der Waals surface area contributed by atoms with E-state index in [-0.39, 0.29) is 11.7 Å². The Hall–Kier alpha value is -2.50. The number of carbonyl (C=O) groups excluding carboxylic acids is 1. The molecule has 3 rings (SSSR count). The fraction of sp³-hybridized carbons (Fsp3) is 0.545. The van der Waals surface area contributed by atoms with Crippen molar-refractivity contribution in [2.24, 2.45) is 0 Å². The minimum absolute atomic E-state index is 0.0510. The van der Waals surface area contributed by atoms with Gasteiger partial charge in [0.05, 0.1) is 6.10 Å². The van der Waals surface area contributed by atoms with E-state index in [0.29, 0.717) is 5.13 Å². The number of ether oxygens (including phenoxy) is 1. The molecule has 0 bridgehead atoms. The summed E-state index contributed by atoms with van der Waals surface area (Å²) in [4.78, 5) is 12.6. The Balaban J connectivity index is 1.69. The molecule has 1 fully saturated rings. The Morgan fingerprint density at radius 3 is 2.97 bits per heavy atom. The number of rotatable bonds is 9. The number of nitrogens with one attached hydrogen (secondary N) is 1. The number of nitrogens with zero attached hydrogens (tertiary/aromatic N) is 4. The van der Waals surface area contributed by atoms with Gasteiger partial charge in [0.15, 0.2) is 0 Å². The molecule has 1 aliphatic heterocycles. The van der Waals surface area contributed by atoms with Crippen molar-refractivity contribution in [1.82, 2.24) is 14.8 Å². The van der Waals surface area contributed by atoms with Crippen LogP contribution in [0.25, 0.3) is 6.08 Å². The molecule has 30 heavy (non-hydrogen) atoms. The molecular weight excluding hydrogens is 398 g/mol. The quantitative estimate of drug-likeness (QED) is 0.363. The minimum atomic E-state index is -0.460. The highest BCUT2D eigenvalue weighted by Crippen LogP contribution is 2.23. The average molecular weight is 428 g/mol. The second kappa shape index (κ2) is 10.5. The highest BCUT2D eigenvalue weighted by atomic mass is 32.1. The van der Waals surface area contributed by atoms with Crippen molar-refractivity contribution < 1.29 is 9.53 Å². The predicted octanol–water partition coefficient (Wildman–Crippen LogP) is 4.41. The van der Waals surface area contributed by atoms with Gasteiger partial charge in [0, 0.05) is 31.0 Å². The van der Waals surface area contributed by atoms with Crippen LogP contribution in [0.15, 0.2) is 11.6 Å². The maximum absolute atomic E-state index is 12.6. The lowest BCUT2D eigenvalue weighted by Crippen LogP contribution is -2.17. The van der Waals surface area contributed by atoms with Gasteiger partial charge in [0.1, 0.15) is 16.6 Å². The van der Waals surface area contributed by atoms with Crippen molar-refractivity contribution in [2.75, 3.05) is 11.9 Å². The van der Waals surface area contributed by atoms with E-state index in [4.69, 9.17) is 4.74 Å². The predicted molar refractivity (Wildman–Crippen MR) is 118 cm³/mol. The lowest BCUT2D eigenvalue weighted by atomic mass is 10.1. The molecule has 1 aliphatic rings. The van der Waals surface area contributed by atoms with Crippen LogP contribution in [0.1, 0.15) is 61.0 Å². The molecule has 1 N–H and O–H groups in total. The summed E-state index contributed by atoms with van der Waals surface area (Å²) in [6.45, 7) is 7.81. The van der Waals surface area contributed by atoms with Crippen LogP contribution in [-0.2, 0) is 22.5 Å².